The van der Waals surface area contributed by atoms with Crippen LogP contribution in [0.1, 0.15) is 16.7 Å². The Kier molecular flexibility index (Phi) is 8.35. The van der Waals surface area contributed by atoms with Crippen molar-refractivity contribution in [2.45, 2.75) is 11.1 Å². The fraction of sp³-hybridized carbons (Fsp3) is 0.125. The average Bonchev–Trinajstić information content (AvgIpc) is 2.76. The number of halogens is 5. The average molecular weight is 513 g/mol. The highest BCUT2D eigenvalue weighted by Crippen LogP contribution is 2.39. The molecule has 3 aromatic rings. The number of hydrogen-bond donors (Lipinski definition) is 1. The first-order chi connectivity index (χ1) is 15.6. The molecule has 0 spiro atoms. The van der Waals surface area contributed by atoms with E-state index in [4.69, 9.17) is 33.0 Å². The minimum Gasteiger partial charge on any atom is -0.481 e. The van der Waals surface area contributed by atoms with E-state index in [1.54, 1.807) is 24.3 Å². The first kappa shape index (κ1) is 25.0. The van der Waals surface area contributed by atoms with E-state index in [-0.39, 0.29) is 0 Å². The summed E-state index contributed by atoms with van der Waals surface area (Å²) in [5.74, 6) is -1.50. The Balaban J connectivity index is 1.86. The van der Waals surface area contributed by atoms with Crippen LogP contribution in [0, 0.1) is 0 Å². The maximum absolute atomic E-state index is 13.4. The normalized spacial score (nSPS) is 11.2. The minimum atomic E-state index is -4.68. The quantitative estimate of drug-likeness (QED) is 0.314. The summed E-state index contributed by atoms with van der Waals surface area (Å²) in [6.07, 6.45) is -2.77. The number of carboxylic acid groups (broad SMARTS) is 1. The third-order valence-electron chi connectivity index (χ3n) is 4.46. The lowest BCUT2D eigenvalue weighted by Gasteiger charge is -2.14. The second kappa shape index (κ2) is 11.0. The summed E-state index contributed by atoms with van der Waals surface area (Å²) in [4.78, 5) is 11.0. The summed E-state index contributed by atoms with van der Waals surface area (Å²) in [6, 6.07) is 18.1. The van der Waals surface area contributed by atoms with E-state index in [0.29, 0.717) is 20.7 Å². The number of thioether (sulfide) groups is 1. The molecule has 0 amide bonds. The van der Waals surface area contributed by atoms with Gasteiger partial charge in [0.2, 0.25) is 0 Å². The monoisotopic (exact) mass is 512 g/mol. The lowest BCUT2D eigenvalue weighted by Crippen LogP contribution is -2.14. The maximum Gasteiger partial charge on any atom is 0.420 e. The van der Waals surface area contributed by atoms with Gasteiger partial charge in [0.25, 0.3) is 0 Å². The van der Waals surface area contributed by atoms with Crippen molar-refractivity contribution in [3.8, 4) is 5.75 Å². The first-order valence-electron chi connectivity index (χ1n) is 9.54. The van der Waals surface area contributed by atoms with Gasteiger partial charge in [0.15, 0.2) is 6.61 Å². The van der Waals surface area contributed by atoms with Crippen molar-refractivity contribution in [3.05, 3.63) is 99.5 Å². The lowest BCUT2D eigenvalue weighted by molar-refractivity contribution is -0.143. The molecule has 33 heavy (non-hydrogen) atoms. The molecule has 0 atom stereocenters. The zero-order chi connectivity index (χ0) is 24.0. The SMILES string of the molecule is O=C(O)COc1ccc(SCC=C(c2ccc(Cl)cc2)c2ccc(Cl)cc2)cc1C(F)(F)F. The van der Waals surface area contributed by atoms with Gasteiger partial charge < -0.3 is 9.84 Å². The number of aliphatic carboxylic acids is 1. The topological polar surface area (TPSA) is 46.5 Å². The second-order valence-electron chi connectivity index (χ2n) is 6.78. The van der Waals surface area contributed by atoms with Crippen LogP contribution >= 0.6 is 35.0 Å². The van der Waals surface area contributed by atoms with Crippen LogP contribution in [0.5, 0.6) is 5.75 Å². The Morgan fingerprint density at radius 2 is 1.48 bits per heavy atom. The summed E-state index contributed by atoms with van der Waals surface area (Å²) < 4.78 is 45.1. The second-order valence-corrected chi connectivity index (χ2v) is 8.75. The van der Waals surface area contributed by atoms with Crippen LogP contribution in [-0.2, 0) is 11.0 Å². The van der Waals surface area contributed by atoms with Gasteiger partial charge in [-0.05, 0) is 59.2 Å². The Bertz CT molecular complexity index is 1100. The van der Waals surface area contributed by atoms with Gasteiger partial charge in [-0.1, -0.05) is 53.5 Å². The van der Waals surface area contributed by atoms with Crippen molar-refractivity contribution in [2.24, 2.45) is 0 Å². The molecule has 0 saturated heterocycles. The molecular weight excluding hydrogens is 496 g/mol. The zero-order valence-electron chi connectivity index (χ0n) is 16.9. The molecule has 0 fully saturated rings. The molecule has 0 saturated carbocycles. The molecule has 9 heteroatoms. The molecule has 0 aliphatic rings. The molecule has 3 rings (SSSR count). The van der Waals surface area contributed by atoms with Crippen LogP contribution < -0.4 is 4.74 Å². The number of carboxylic acids is 1. The fourth-order valence-electron chi connectivity index (χ4n) is 2.97. The number of benzene rings is 3. The molecule has 0 aliphatic heterocycles. The Morgan fingerprint density at radius 1 is 0.939 bits per heavy atom. The molecule has 1 N–H and O–H groups in total. The molecule has 0 bridgehead atoms. The largest absolute Gasteiger partial charge is 0.481 e. The molecule has 172 valence electrons. The fourth-order valence-corrected chi connectivity index (χ4v) is 4.03. The molecule has 0 unspecified atom stereocenters. The maximum atomic E-state index is 13.4. The predicted octanol–water partition coefficient (Wildman–Crippen LogP) is 7.70. The van der Waals surface area contributed by atoms with Crippen LogP contribution in [0.25, 0.3) is 5.57 Å². The molecule has 3 nitrogen and oxygen atoms in total. The van der Waals surface area contributed by atoms with E-state index in [1.165, 1.54) is 17.8 Å². The lowest BCUT2D eigenvalue weighted by atomic mass is 9.98. The van der Waals surface area contributed by atoms with Gasteiger partial charge in [-0.15, -0.1) is 11.8 Å². The van der Waals surface area contributed by atoms with Crippen molar-refractivity contribution in [1.82, 2.24) is 0 Å². The van der Waals surface area contributed by atoms with Gasteiger partial charge in [-0.25, -0.2) is 4.79 Å². The highest BCUT2D eigenvalue weighted by molar-refractivity contribution is 7.99. The Hall–Kier alpha value is -2.61. The molecule has 3 aromatic carbocycles. The van der Waals surface area contributed by atoms with Gasteiger partial charge in [-0.3, -0.25) is 0 Å². The van der Waals surface area contributed by atoms with Gasteiger partial charge >= 0.3 is 12.1 Å². The van der Waals surface area contributed by atoms with Gasteiger partial charge in [0.1, 0.15) is 5.75 Å². The zero-order valence-corrected chi connectivity index (χ0v) is 19.2. The van der Waals surface area contributed by atoms with Gasteiger partial charge in [-0.2, -0.15) is 13.2 Å². The van der Waals surface area contributed by atoms with Crippen molar-refractivity contribution in [2.75, 3.05) is 12.4 Å². The Morgan fingerprint density at radius 3 is 1.97 bits per heavy atom. The molecule has 0 aliphatic carbocycles. The van der Waals surface area contributed by atoms with Crippen molar-refractivity contribution < 1.29 is 27.8 Å². The van der Waals surface area contributed by atoms with Crippen LogP contribution in [0.2, 0.25) is 10.0 Å². The van der Waals surface area contributed by atoms with Gasteiger partial charge in [0, 0.05) is 20.7 Å². The van der Waals surface area contributed by atoms with E-state index in [0.717, 1.165) is 28.8 Å². The van der Waals surface area contributed by atoms with Crippen LogP contribution in [0.3, 0.4) is 0 Å². The van der Waals surface area contributed by atoms with Crippen LogP contribution in [0.15, 0.2) is 77.7 Å². The molecular formula is C24H17Cl2F3O3S. The predicted molar refractivity (Wildman–Crippen MR) is 125 cm³/mol. The van der Waals surface area contributed by atoms with E-state index < -0.39 is 30.1 Å². The van der Waals surface area contributed by atoms with Crippen LogP contribution in [0.4, 0.5) is 13.2 Å². The number of ether oxygens (including phenoxy) is 1. The molecule has 0 radical (unpaired) electrons. The summed E-state index contributed by atoms with van der Waals surface area (Å²) in [5.41, 5.74) is 1.66. The van der Waals surface area contributed by atoms with E-state index >= 15 is 0 Å². The number of rotatable bonds is 8. The molecule has 0 heterocycles. The van der Waals surface area contributed by atoms with Gasteiger partial charge in [0.05, 0.1) is 5.56 Å². The van der Waals surface area contributed by atoms with Crippen LogP contribution in [-0.4, -0.2) is 23.4 Å². The van der Waals surface area contributed by atoms with Crippen molar-refractivity contribution in [1.29, 1.82) is 0 Å². The summed E-state index contributed by atoms with van der Waals surface area (Å²) >= 11 is 13.2. The standard InChI is InChI=1S/C24H17Cl2F3O3S/c25-17-5-1-15(2-6-17)20(16-3-7-18(26)8-4-16)11-12-33-19-9-10-22(32-14-23(30)31)21(13-19)24(27,28)29/h1-11,13H,12,14H2,(H,30,31). The summed E-state index contributed by atoms with van der Waals surface area (Å²) in [5, 5.41) is 9.86. The number of carbonyl (C=O) groups is 1. The van der Waals surface area contributed by atoms with E-state index in [2.05, 4.69) is 0 Å². The third-order valence-corrected chi connectivity index (χ3v) is 5.88. The summed E-state index contributed by atoms with van der Waals surface area (Å²) in [7, 11) is 0. The number of alkyl halides is 3. The Labute approximate surface area is 202 Å². The number of hydrogen-bond acceptors (Lipinski definition) is 3. The smallest absolute Gasteiger partial charge is 0.420 e. The molecule has 0 aromatic heterocycles. The third kappa shape index (κ3) is 7.19. The van der Waals surface area contributed by atoms with Crippen molar-refractivity contribution in [3.63, 3.8) is 0 Å². The first-order valence-corrected chi connectivity index (χ1v) is 11.3. The summed E-state index contributed by atoms with van der Waals surface area (Å²) in [6.45, 7) is -0.857. The van der Waals surface area contributed by atoms with Crippen molar-refractivity contribution >= 4 is 46.5 Å². The minimum absolute atomic E-state index is 0.368. The highest BCUT2D eigenvalue weighted by Gasteiger charge is 2.35. The highest BCUT2D eigenvalue weighted by atomic mass is 35.5. The van der Waals surface area contributed by atoms with E-state index in [1.807, 2.05) is 30.3 Å². The van der Waals surface area contributed by atoms with E-state index in [9.17, 15) is 18.0 Å².